The maximum absolute atomic E-state index is 12.1. The van der Waals surface area contributed by atoms with E-state index in [0.717, 1.165) is 0 Å². The molecule has 94 valence electrons. The van der Waals surface area contributed by atoms with Crippen molar-refractivity contribution in [3.05, 3.63) is 12.7 Å². The largest absolute Gasteiger partial charge is 0.375 e. The molecule has 0 unspecified atom stereocenters. The molecule has 0 amide bonds. The number of carbonyl (C=O) groups is 1. The molecule has 0 aliphatic carbocycles. The molecule has 1 atom stereocenters. The number of hydrogen-bond donors (Lipinski definition) is 1. The number of Topliss-reactive ketones (excluding diaryl/α,β-unsaturated/α-hetero) is 1. The minimum Gasteiger partial charge on any atom is -0.375 e. The van der Waals surface area contributed by atoms with E-state index in [1.54, 1.807) is 6.08 Å². The topological polar surface area (TPSA) is 38.3 Å². The van der Waals surface area contributed by atoms with Crippen molar-refractivity contribution in [1.29, 1.82) is 0 Å². The summed E-state index contributed by atoms with van der Waals surface area (Å²) in [6.07, 6.45) is 1.69. The molecule has 0 bridgehead atoms. The van der Waals surface area contributed by atoms with Crippen LogP contribution in [0.1, 0.15) is 34.6 Å². The molecule has 1 N–H and O–H groups in total. The first-order valence-corrected chi connectivity index (χ1v) is 5.84. The highest BCUT2D eigenvalue weighted by molar-refractivity contribution is 5.89. The van der Waals surface area contributed by atoms with Crippen LogP contribution in [0.4, 0.5) is 0 Å². The second-order valence-corrected chi connectivity index (χ2v) is 4.95. The van der Waals surface area contributed by atoms with E-state index >= 15 is 0 Å². The second-order valence-electron chi connectivity index (χ2n) is 4.95. The van der Waals surface area contributed by atoms with Gasteiger partial charge in [-0.3, -0.25) is 4.79 Å². The first-order valence-electron chi connectivity index (χ1n) is 5.84. The fourth-order valence-corrected chi connectivity index (χ4v) is 1.80. The highest BCUT2D eigenvalue weighted by Crippen LogP contribution is 2.14. The Morgan fingerprint density at radius 3 is 2.38 bits per heavy atom. The van der Waals surface area contributed by atoms with Crippen LogP contribution in [0.25, 0.3) is 0 Å². The quantitative estimate of drug-likeness (QED) is 0.510. The molecule has 0 aliphatic heterocycles. The Kier molecular flexibility index (Phi) is 6.53. The van der Waals surface area contributed by atoms with Crippen molar-refractivity contribution in [1.82, 2.24) is 5.32 Å². The van der Waals surface area contributed by atoms with E-state index in [-0.39, 0.29) is 17.7 Å². The van der Waals surface area contributed by atoms with E-state index in [1.807, 2.05) is 34.6 Å². The molecule has 0 aromatic heterocycles. The zero-order chi connectivity index (χ0) is 12.8. The molecule has 0 fully saturated rings. The first-order chi connectivity index (χ1) is 7.33. The Morgan fingerprint density at radius 1 is 1.44 bits per heavy atom. The van der Waals surface area contributed by atoms with Crippen LogP contribution in [0.5, 0.6) is 0 Å². The third kappa shape index (κ3) is 4.90. The van der Waals surface area contributed by atoms with Gasteiger partial charge in [0.1, 0.15) is 0 Å². The van der Waals surface area contributed by atoms with Gasteiger partial charge in [-0.2, -0.15) is 0 Å². The summed E-state index contributed by atoms with van der Waals surface area (Å²) in [6.45, 7) is 14.2. The molecule has 0 aliphatic rings. The van der Waals surface area contributed by atoms with Crippen LogP contribution < -0.4 is 5.32 Å². The summed E-state index contributed by atoms with van der Waals surface area (Å²) in [6, 6.07) is 0.250. The Bertz CT molecular complexity index is 236. The number of carbonyl (C=O) groups excluding carboxylic acids is 1. The summed E-state index contributed by atoms with van der Waals surface area (Å²) < 4.78 is 5.42. The third-order valence-corrected chi connectivity index (χ3v) is 2.30. The van der Waals surface area contributed by atoms with Crippen molar-refractivity contribution in [2.75, 3.05) is 13.2 Å². The number of nitrogens with one attached hydrogen (secondary N) is 1. The maximum atomic E-state index is 12.1. The van der Waals surface area contributed by atoms with Crippen molar-refractivity contribution < 1.29 is 9.53 Å². The van der Waals surface area contributed by atoms with Gasteiger partial charge in [-0.1, -0.05) is 19.9 Å². The van der Waals surface area contributed by atoms with Gasteiger partial charge in [0.2, 0.25) is 0 Å². The van der Waals surface area contributed by atoms with Crippen molar-refractivity contribution in [2.24, 2.45) is 5.92 Å². The van der Waals surface area contributed by atoms with Crippen LogP contribution >= 0.6 is 0 Å². The predicted octanol–water partition coefficient (Wildman–Crippen LogP) is 2.17. The van der Waals surface area contributed by atoms with Gasteiger partial charge in [-0.15, -0.1) is 6.58 Å². The molecule has 0 heterocycles. The zero-order valence-corrected chi connectivity index (χ0v) is 11.2. The average molecular weight is 227 g/mol. The maximum Gasteiger partial charge on any atom is 0.157 e. The molecule has 0 radical (unpaired) electrons. The number of ketones is 1. The van der Waals surface area contributed by atoms with Crippen molar-refractivity contribution in [2.45, 2.75) is 46.2 Å². The van der Waals surface area contributed by atoms with Crippen LogP contribution in [0, 0.1) is 5.92 Å². The molecule has 3 heteroatoms. The van der Waals surface area contributed by atoms with Crippen LogP contribution in [0.3, 0.4) is 0 Å². The van der Waals surface area contributed by atoms with Crippen LogP contribution in [0.15, 0.2) is 12.7 Å². The molecule has 0 aromatic rings. The molecular formula is C13H25NO2. The molecule has 16 heavy (non-hydrogen) atoms. The third-order valence-electron chi connectivity index (χ3n) is 2.30. The average Bonchev–Trinajstić information content (AvgIpc) is 2.15. The van der Waals surface area contributed by atoms with E-state index in [0.29, 0.717) is 13.2 Å². The molecule has 0 saturated carbocycles. The van der Waals surface area contributed by atoms with Crippen LogP contribution in [-0.4, -0.2) is 30.6 Å². The van der Waals surface area contributed by atoms with E-state index in [1.165, 1.54) is 0 Å². The van der Waals surface area contributed by atoms with Gasteiger partial charge in [0.15, 0.2) is 5.78 Å². The molecular weight excluding hydrogens is 202 g/mol. The Morgan fingerprint density at radius 2 is 2.00 bits per heavy atom. The smallest absolute Gasteiger partial charge is 0.157 e. The van der Waals surface area contributed by atoms with Crippen molar-refractivity contribution in [3.63, 3.8) is 0 Å². The van der Waals surface area contributed by atoms with Crippen molar-refractivity contribution in [3.8, 4) is 0 Å². The Labute approximate surface area is 99.3 Å². The van der Waals surface area contributed by atoms with Gasteiger partial charge in [-0.25, -0.2) is 0 Å². The van der Waals surface area contributed by atoms with E-state index < -0.39 is 5.54 Å². The predicted molar refractivity (Wildman–Crippen MR) is 67.5 cm³/mol. The normalized spacial score (nSPS) is 15.2. The highest BCUT2D eigenvalue weighted by Gasteiger charge is 2.35. The van der Waals surface area contributed by atoms with Crippen LogP contribution in [0.2, 0.25) is 0 Å². The molecule has 3 nitrogen and oxygen atoms in total. The van der Waals surface area contributed by atoms with Gasteiger partial charge in [0.25, 0.3) is 0 Å². The summed E-state index contributed by atoms with van der Waals surface area (Å²) in [5.41, 5.74) is -0.606. The van der Waals surface area contributed by atoms with Gasteiger partial charge in [-0.05, 0) is 20.8 Å². The lowest BCUT2D eigenvalue weighted by atomic mass is 9.89. The summed E-state index contributed by atoms with van der Waals surface area (Å²) in [7, 11) is 0. The first kappa shape index (κ1) is 15.3. The number of hydrogen-bond acceptors (Lipinski definition) is 3. The minimum absolute atomic E-state index is 0.00332. The van der Waals surface area contributed by atoms with E-state index in [4.69, 9.17) is 4.74 Å². The molecule has 0 saturated heterocycles. The van der Waals surface area contributed by atoms with E-state index in [2.05, 4.69) is 11.9 Å². The molecule has 0 aromatic carbocycles. The number of ether oxygens (including phenoxy) is 1. The van der Waals surface area contributed by atoms with Gasteiger partial charge in [0.05, 0.1) is 18.8 Å². The monoisotopic (exact) mass is 227 g/mol. The van der Waals surface area contributed by atoms with Crippen LogP contribution in [-0.2, 0) is 9.53 Å². The van der Waals surface area contributed by atoms with Gasteiger partial charge in [0, 0.05) is 12.0 Å². The number of rotatable bonds is 8. The lowest BCUT2D eigenvalue weighted by molar-refractivity contribution is -0.130. The fraction of sp³-hybridized carbons (Fsp3) is 0.769. The minimum atomic E-state index is -0.606. The molecule has 0 spiro atoms. The summed E-state index contributed by atoms with van der Waals surface area (Å²) >= 11 is 0. The van der Waals surface area contributed by atoms with Crippen molar-refractivity contribution >= 4 is 5.78 Å². The lowest BCUT2D eigenvalue weighted by Gasteiger charge is -2.32. The summed E-state index contributed by atoms with van der Waals surface area (Å²) in [5, 5.41) is 3.29. The standard InChI is InChI=1S/C13H25NO2/c1-7-8-16-9-13(6,14-11(4)5)12(15)10(2)3/h7,10-11,14H,1,8-9H2,2-6H3/t13-/m0/s1. The Hall–Kier alpha value is -0.670. The lowest BCUT2D eigenvalue weighted by Crippen LogP contribution is -2.57. The van der Waals surface area contributed by atoms with Gasteiger partial charge < -0.3 is 10.1 Å². The van der Waals surface area contributed by atoms with E-state index in [9.17, 15) is 4.79 Å². The zero-order valence-electron chi connectivity index (χ0n) is 11.2. The summed E-state index contributed by atoms with van der Waals surface area (Å²) in [5.74, 6) is 0.189. The second kappa shape index (κ2) is 6.81. The fourth-order valence-electron chi connectivity index (χ4n) is 1.80. The Balaban J connectivity index is 4.59. The van der Waals surface area contributed by atoms with Gasteiger partial charge >= 0.3 is 0 Å². The SMILES string of the molecule is C=CCOC[C@](C)(NC(C)C)C(=O)C(C)C. The molecule has 0 rings (SSSR count). The highest BCUT2D eigenvalue weighted by atomic mass is 16.5. The summed E-state index contributed by atoms with van der Waals surface area (Å²) in [4.78, 5) is 12.1.